The number of ether oxygens (including phenoxy) is 1. The Balaban J connectivity index is 1.43. The summed E-state index contributed by atoms with van der Waals surface area (Å²) in [6.45, 7) is 2.56. The van der Waals surface area contributed by atoms with Gasteiger partial charge in [-0.2, -0.15) is 0 Å². The molecule has 3 aliphatic rings. The lowest BCUT2D eigenvalue weighted by Crippen LogP contribution is -2.41. The SMILES string of the molecule is O=C1C(SC2CCCc3ccccc32)CCN1C1CCOCC1. The van der Waals surface area contributed by atoms with E-state index in [0.29, 0.717) is 17.2 Å². The van der Waals surface area contributed by atoms with Crippen molar-refractivity contribution in [3.63, 3.8) is 0 Å². The lowest BCUT2D eigenvalue weighted by atomic mass is 9.91. The number of rotatable bonds is 3. The number of benzene rings is 1. The second kappa shape index (κ2) is 6.86. The molecule has 124 valence electrons. The molecule has 1 amide bonds. The molecule has 0 radical (unpaired) electrons. The molecular formula is C19H25NO2S. The number of hydrogen-bond acceptors (Lipinski definition) is 3. The van der Waals surface area contributed by atoms with Crippen molar-refractivity contribution in [2.75, 3.05) is 19.8 Å². The summed E-state index contributed by atoms with van der Waals surface area (Å²) in [4.78, 5) is 15.0. The van der Waals surface area contributed by atoms with Crippen LogP contribution in [-0.4, -0.2) is 41.9 Å². The Bertz CT molecular complexity index is 570. The zero-order valence-electron chi connectivity index (χ0n) is 13.6. The van der Waals surface area contributed by atoms with Crippen LogP contribution in [0.15, 0.2) is 24.3 Å². The fourth-order valence-electron chi connectivity index (χ4n) is 4.21. The molecule has 0 N–H and O–H groups in total. The summed E-state index contributed by atoms with van der Waals surface area (Å²) in [6.07, 6.45) is 6.69. The van der Waals surface area contributed by atoms with Crippen LogP contribution < -0.4 is 0 Å². The molecule has 23 heavy (non-hydrogen) atoms. The predicted molar refractivity (Wildman–Crippen MR) is 93.7 cm³/mol. The number of nitrogens with zero attached hydrogens (tertiary/aromatic N) is 1. The number of likely N-dealkylation sites (tertiary alicyclic amines) is 1. The minimum atomic E-state index is 0.161. The monoisotopic (exact) mass is 331 g/mol. The van der Waals surface area contributed by atoms with Crippen LogP contribution in [0, 0.1) is 0 Å². The van der Waals surface area contributed by atoms with E-state index in [0.717, 1.165) is 39.0 Å². The second-order valence-corrected chi connectivity index (χ2v) is 8.28. The summed E-state index contributed by atoms with van der Waals surface area (Å²) in [5.74, 6) is 0.380. The minimum Gasteiger partial charge on any atom is -0.381 e. The zero-order valence-corrected chi connectivity index (χ0v) is 14.4. The van der Waals surface area contributed by atoms with Gasteiger partial charge in [0.1, 0.15) is 0 Å². The van der Waals surface area contributed by atoms with Crippen LogP contribution in [0.25, 0.3) is 0 Å². The summed E-state index contributed by atoms with van der Waals surface area (Å²) in [7, 11) is 0. The summed E-state index contributed by atoms with van der Waals surface area (Å²) >= 11 is 1.92. The molecule has 2 fully saturated rings. The number of amides is 1. The third-order valence-corrected chi connectivity index (χ3v) is 7.05. The van der Waals surface area contributed by atoms with Crippen LogP contribution in [0.4, 0.5) is 0 Å². The summed E-state index contributed by atoms with van der Waals surface area (Å²) in [5, 5.41) is 0.664. The molecule has 3 nitrogen and oxygen atoms in total. The van der Waals surface area contributed by atoms with Gasteiger partial charge < -0.3 is 9.64 Å². The normalized spacial score (nSPS) is 28.9. The number of carbonyl (C=O) groups is 1. The number of fused-ring (bicyclic) bond motifs is 1. The van der Waals surface area contributed by atoms with Gasteiger partial charge in [-0.1, -0.05) is 24.3 Å². The van der Waals surface area contributed by atoms with Gasteiger partial charge in [0.05, 0.1) is 5.25 Å². The van der Waals surface area contributed by atoms with Gasteiger partial charge in [0, 0.05) is 31.1 Å². The first-order valence-corrected chi connectivity index (χ1v) is 9.88. The van der Waals surface area contributed by atoms with Crippen LogP contribution in [0.5, 0.6) is 0 Å². The van der Waals surface area contributed by atoms with E-state index in [9.17, 15) is 4.79 Å². The molecule has 4 rings (SSSR count). The van der Waals surface area contributed by atoms with Crippen LogP contribution in [-0.2, 0) is 16.0 Å². The Morgan fingerprint density at radius 2 is 1.87 bits per heavy atom. The molecule has 1 aliphatic carbocycles. The van der Waals surface area contributed by atoms with Gasteiger partial charge in [-0.05, 0) is 49.7 Å². The molecule has 0 aromatic heterocycles. The first kappa shape index (κ1) is 15.5. The van der Waals surface area contributed by atoms with Crippen LogP contribution in [0.2, 0.25) is 0 Å². The van der Waals surface area contributed by atoms with E-state index in [2.05, 4.69) is 29.2 Å². The molecule has 2 atom stereocenters. The van der Waals surface area contributed by atoms with E-state index in [1.807, 2.05) is 11.8 Å². The van der Waals surface area contributed by atoms with E-state index in [4.69, 9.17) is 4.74 Å². The first-order valence-electron chi connectivity index (χ1n) is 8.94. The molecule has 2 heterocycles. The molecule has 0 bridgehead atoms. The molecule has 1 aromatic carbocycles. The maximum Gasteiger partial charge on any atom is 0.236 e. The zero-order chi connectivity index (χ0) is 15.6. The summed E-state index contributed by atoms with van der Waals surface area (Å²) in [6, 6.07) is 9.22. The highest BCUT2D eigenvalue weighted by atomic mass is 32.2. The van der Waals surface area contributed by atoms with E-state index >= 15 is 0 Å². The number of thioether (sulfide) groups is 1. The van der Waals surface area contributed by atoms with Gasteiger partial charge in [0.15, 0.2) is 0 Å². The predicted octanol–water partition coefficient (Wildman–Crippen LogP) is 3.58. The third kappa shape index (κ3) is 3.16. The van der Waals surface area contributed by atoms with E-state index in [-0.39, 0.29) is 5.25 Å². The van der Waals surface area contributed by atoms with Gasteiger partial charge in [0.25, 0.3) is 0 Å². The average molecular weight is 331 g/mol. The molecule has 0 spiro atoms. The molecule has 1 aromatic rings. The number of hydrogen-bond donors (Lipinski definition) is 0. The largest absolute Gasteiger partial charge is 0.381 e. The minimum absolute atomic E-state index is 0.161. The highest BCUT2D eigenvalue weighted by Crippen LogP contribution is 2.44. The van der Waals surface area contributed by atoms with E-state index in [1.54, 1.807) is 0 Å². The van der Waals surface area contributed by atoms with Crippen LogP contribution >= 0.6 is 11.8 Å². The standard InChI is InChI=1S/C19H25NO2S/c21-19-18(8-11-20(19)15-9-12-22-13-10-15)23-17-7-3-5-14-4-1-2-6-16(14)17/h1-2,4,6,15,17-18H,3,5,7-13H2. The maximum absolute atomic E-state index is 12.9. The Hall–Kier alpha value is -1.00. The highest BCUT2D eigenvalue weighted by Gasteiger charge is 2.38. The maximum atomic E-state index is 12.9. The molecule has 2 saturated heterocycles. The molecule has 0 saturated carbocycles. The lowest BCUT2D eigenvalue weighted by Gasteiger charge is -2.31. The summed E-state index contributed by atoms with van der Waals surface area (Å²) in [5.41, 5.74) is 2.96. The number of carbonyl (C=O) groups excluding carboxylic acids is 1. The Kier molecular flexibility index (Phi) is 4.63. The fourth-order valence-corrected chi connectivity index (χ4v) is 5.78. The Morgan fingerprint density at radius 3 is 2.74 bits per heavy atom. The second-order valence-electron chi connectivity index (χ2n) is 6.87. The smallest absolute Gasteiger partial charge is 0.236 e. The van der Waals surface area contributed by atoms with Crippen molar-refractivity contribution in [2.45, 2.75) is 55.1 Å². The van der Waals surface area contributed by atoms with Crippen molar-refractivity contribution >= 4 is 17.7 Å². The average Bonchev–Trinajstić information content (AvgIpc) is 2.97. The molecule has 2 unspecified atom stereocenters. The quantitative estimate of drug-likeness (QED) is 0.848. The van der Waals surface area contributed by atoms with E-state index in [1.165, 1.54) is 30.4 Å². The molecule has 4 heteroatoms. The van der Waals surface area contributed by atoms with Crippen molar-refractivity contribution < 1.29 is 9.53 Å². The van der Waals surface area contributed by atoms with Crippen LogP contribution in [0.1, 0.15) is 48.5 Å². The van der Waals surface area contributed by atoms with Crippen LogP contribution in [0.3, 0.4) is 0 Å². The molecule has 2 aliphatic heterocycles. The van der Waals surface area contributed by atoms with Gasteiger partial charge in [-0.15, -0.1) is 11.8 Å². The molecular weight excluding hydrogens is 306 g/mol. The van der Waals surface area contributed by atoms with Crippen molar-refractivity contribution in [3.05, 3.63) is 35.4 Å². The van der Waals surface area contributed by atoms with Gasteiger partial charge in [-0.25, -0.2) is 0 Å². The lowest BCUT2D eigenvalue weighted by molar-refractivity contribution is -0.130. The van der Waals surface area contributed by atoms with Gasteiger partial charge in [0.2, 0.25) is 5.91 Å². The van der Waals surface area contributed by atoms with E-state index < -0.39 is 0 Å². The van der Waals surface area contributed by atoms with Crippen molar-refractivity contribution in [3.8, 4) is 0 Å². The summed E-state index contributed by atoms with van der Waals surface area (Å²) < 4.78 is 5.44. The fraction of sp³-hybridized carbons (Fsp3) is 0.632. The number of aryl methyl sites for hydroxylation is 1. The first-order chi connectivity index (χ1) is 11.3. The Labute approximate surface area is 142 Å². The van der Waals surface area contributed by atoms with Crippen molar-refractivity contribution in [2.24, 2.45) is 0 Å². The van der Waals surface area contributed by atoms with Gasteiger partial charge >= 0.3 is 0 Å². The van der Waals surface area contributed by atoms with Crippen molar-refractivity contribution in [1.82, 2.24) is 4.90 Å². The highest BCUT2D eigenvalue weighted by molar-refractivity contribution is 8.00. The third-order valence-electron chi connectivity index (χ3n) is 5.47. The Morgan fingerprint density at radius 1 is 1.04 bits per heavy atom. The topological polar surface area (TPSA) is 29.5 Å². The van der Waals surface area contributed by atoms with Gasteiger partial charge in [-0.3, -0.25) is 4.79 Å². The van der Waals surface area contributed by atoms with Crippen molar-refractivity contribution in [1.29, 1.82) is 0 Å².